The van der Waals surface area contributed by atoms with Crippen LogP contribution in [0, 0.1) is 0 Å². The van der Waals surface area contributed by atoms with E-state index in [-0.39, 0.29) is 24.0 Å². The second-order valence-electron chi connectivity index (χ2n) is 5.75. The number of likely N-dealkylation sites (tertiary alicyclic amines) is 1. The standard InChI is InChI=1S/C15H19F3N4O3/c16-15(17,18)9-25-14-11(2-1-5-20-14)13(24)21-10-3-6-22(7-4-10)8-12(19)23/h1-2,5,10H,3-4,6-9H2,(H2,19,23)(H,21,24). The Bertz CT molecular complexity index is 616. The molecule has 0 saturated carbocycles. The Hall–Kier alpha value is -2.36. The summed E-state index contributed by atoms with van der Waals surface area (Å²) in [4.78, 5) is 28.8. The van der Waals surface area contributed by atoms with Crippen LogP contribution in [0.4, 0.5) is 13.2 Å². The molecule has 0 atom stereocenters. The van der Waals surface area contributed by atoms with E-state index in [9.17, 15) is 22.8 Å². The van der Waals surface area contributed by atoms with Gasteiger partial charge in [-0.1, -0.05) is 0 Å². The number of rotatable bonds is 6. The second-order valence-corrected chi connectivity index (χ2v) is 5.75. The van der Waals surface area contributed by atoms with Crippen LogP contribution in [-0.2, 0) is 4.79 Å². The fraction of sp³-hybridized carbons (Fsp3) is 0.533. The van der Waals surface area contributed by atoms with Crippen LogP contribution in [0.15, 0.2) is 18.3 Å². The van der Waals surface area contributed by atoms with Crippen LogP contribution in [0.2, 0.25) is 0 Å². The fourth-order valence-corrected chi connectivity index (χ4v) is 2.55. The molecular weight excluding hydrogens is 341 g/mol. The predicted molar refractivity (Wildman–Crippen MR) is 81.9 cm³/mol. The van der Waals surface area contributed by atoms with Gasteiger partial charge in [-0.05, 0) is 25.0 Å². The number of primary amides is 1. The molecule has 1 aromatic heterocycles. The molecule has 1 aliphatic heterocycles. The van der Waals surface area contributed by atoms with Crippen LogP contribution in [-0.4, -0.2) is 60.2 Å². The van der Waals surface area contributed by atoms with Gasteiger partial charge in [-0.2, -0.15) is 13.2 Å². The van der Waals surface area contributed by atoms with Crippen molar-refractivity contribution in [1.29, 1.82) is 0 Å². The third kappa shape index (κ3) is 6.22. The number of hydrogen-bond acceptors (Lipinski definition) is 5. The number of aromatic nitrogens is 1. The zero-order valence-corrected chi connectivity index (χ0v) is 13.4. The molecule has 2 rings (SSSR count). The molecule has 1 aliphatic rings. The number of piperidine rings is 1. The molecule has 3 N–H and O–H groups in total. The van der Waals surface area contributed by atoms with Gasteiger partial charge >= 0.3 is 6.18 Å². The molecule has 0 aliphatic carbocycles. The van der Waals surface area contributed by atoms with Crippen molar-refractivity contribution < 1.29 is 27.5 Å². The van der Waals surface area contributed by atoms with Crippen LogP contribution < -0.4 is 15.8 Å². The number of hydrogen-bond donors (Lipinski definition) is 2. The number of carbonyl (C=O) groups excluding carboxylic acids is 2. The average molecular weight is 360 g/mol. The molecule has 25 heavy (non-hydrogen) atoms. The average Bonchev–Trinajstić information content (AvgIpc) is 2.54. The summed E-state index contributed by atoms with van der Waals surface area (Å²) in [5.41, 5.74) is 5.09. The lowest BCUT2D eigenvalue weighted by atomic mass is 10.0. The second kappa shape index (κ2) is 8.15. The lowest BCUT2D eigenvalue weighted by molar-refractivity contribution is -0.154. The molecule has 1 saturated heterocycles. The zero-order chi connectivity index (χ0) is 18.4. The van der Waals surface area contributed by atoms with Gasteiger partial charge in [0.2, 0.25) is 11.8 Å². The van der Waals surface area contributed by atoms with Gasteiger partial charge in [-0.3, -0.25) is 14.5 Å². The van der Waals surface area contributed by atoms with Crippen LogP contribution in [0.5, 0.6) is 5.88 Å². The van der Waals surface area contributed by atoms with Crippen LogP contribution in [0.3, 0.4) is 0 Å². The third-order valence-electron chi connectivity index (χ3n) is 3.69. The van der Waals surface area contributed by atoms with Crippen molar-refractivity contribution in [3.05, 3.63) is 23.9 Å². The van der Waals surface area contributed by atoms with Gasteiger partial charge in [0.15, 0.2) is 6.61 Å². The maximum Gasteiger partial charge on any atom is 0.422 e. The first-order valence-electron chi connectivity index (χ1n) is 7.70. The van der Waals surface area contributed by atoms with E-state index in [4.69, 9.17) is 5.73 Å². The SMILES string of the molecule is NC(=O)CN1CCC(NC(=O)c2cccnc2OCC(F)(F)F)CC1. The normalized spacial score (nSPS) is 16.4. The summed E-state index contributed by atoms with van der Waals surface area (Å²) in [5, 5.41) is 2.76. The highest BCUT2D eigenvalue weighted by Gasteiger charge is 2.30. The number of nitrogens with zero attached hydrogens (tertiary/aromatic N) is 2. The van der Waals surface area contributed by atoms with Crippen LogP contribution >= 0.6 is 0 Å². The molecular formula is C15H19F3N4O3. The van der Waals surface area contributed by atoms with Gasteiger partial charge in [0.1, 0.15) is 5.56 Å². The summed E-state index contributed by atoms with van der Waals surface area (Å²) < 4.78 is 41.5. The summed E-state index contributed by atoms with van der Waals surface area (Å²) in [5.74, 6) is -1.31. The van der Waals surface area contributed by atoms with Crippen molar-refractivity contribution in [3.63, 3.8) is 0 Å². The molecule has 138 valence electrons. The number of ether oxygens (including phenoxy) is 1. The number of nitrogens with two attached hydrogens (primary N) is 1. The summed E-state index contributed by atoms with van der Waals surface area (Å²) in [6.07, 6.45) is -2.04. The fourth-order valence-electron chi connectivity index (χ4n) is 2.55. The minimum Gasteiger partial charge on any atom is -0.467 e. The Labute approximate surface area is 142 Å². The maximum absolute atomic E-state index is 12.3. The Morgan fingerprint density at radius 3 is 2.64 bits per heavy atom. The van der Waals surface area contributed by atoms with Gasteiger partial charge in [-0.15, -0.1) is 0 Å². The van der Waals surface area contributed by atoms with Gasteiger partial charge < -0.3 is 15.8 Å². The van der Waals surface area contributed by atoms with E-state index >= 15 is 0 Å². The minimum atomic E-state index is -4.52. The number of pyridine rings is 1. The van der Waals surface area contributed by atoms with E-state index in [1.807, 2.05) is 4.90 Å². The number of nitrogens with one attached hydrogen (secondary N) is 1. The smallest absolute Gasteiger partial charge is 0.422 e. The lowest BCUT2D eigenvalue weighted by Gasteiger charge is -2.31. The number of carbonyl (C=O) groups is 2. The van der Waals surface area contributed by atoms with E-state index in [1.54, 1.807) is 0 Å². The topological polar surface area (TPSA) is 97.6 Å². The van der Waals surface area contributed by atoms with Crippen molar-refractivity contribution in [2.75, 3.05) is 26.2 Å². The van der Waals surface area contributed by atoms with E-state index in [0.717, 1.165) is 0 Å². The Morgan fingerprint density at radius 1 is 1.36 bits per heavy atom. The van der Waals surface area contributed by atoms with Crippen molar-refractivity contribution >= 4 is 11.8 Å². The Balaban J connectivity index is 1.92. The highest BCUT2D eigenvalue weighted by Crippen LogP contribution is 2.20. The monoisotopic (exact) mass is 360 g/mol. The summed E-state index contributed by atoms with van der Waals surface area (Å²) in [6, 6.07) is 2.66. The summed E-state index contributed by atoms with van der Waals surface area (Å²) >= 11 is 0. The molecule has 1 aromatic rings. The predicted octanol–water partition coefficient (Wildman–Crippen LogP) is 0.702. The quantitative estimate of drug-likeness (QED) is 0.778. The third-order valence-corrected chi connectivity index (χ3v) is 3.69. The summed E-state index contributed by atoms with van der Waals surface area (Å²) in [6.45, 7) is -0.161. The van der Waals surface area contributed by atoms with Crippen LogP contribution in [0.1, 0.15) is 23.2 Å². The first-order valence-corrected chi connectivity index (χ1v) is 7.70. The van der Waals surface area contributed by atoms with Gasteiger partial charge in [-0.25, -0.2) is 4.98 Å². The lowest BCUT2D eigenvalue weighted by Crippen LogP contribution is -2.46. The first-order chi connectivity index (χ1) is 11.7. The molecule has 0 aromatic carbocycles. The molecule has 0 radical (unpaired) electrons. The van der Waals surface area contributed by atoms with Crippen molar-refractivity contribution in [2.45, 2.75) is 25.1 Å². The maximum atomic E-state index is 12.3. The van der Waals surface area contributed by atoms with Gasteiger partial charge in [0.25, 0.3) is 5.91 Å². The summed E-state index contributed by atoms with van der Waals surface area (Å²) in [7, 11) is 0. The number of amides is 2. The highest BCUT2D eigenvalue weighted by atomic mass is 19.4. The van der Waals surface area contributed by atoms with Crippen LogP contribution in [0.25, 0.3) is 0 Å². The highest BCUT2D eigenvalue weighted by molar-refractivity contribution is 5.96. The van der Waals surface area contributed by atoms with Crippen molar-refractivity contribution in [3.8, 4) is 5.88 Å². The number of halogens is 3. The van der Waals surface area contributed by atoms with E-state index in [2.05, 4.69) is 15.0 Å². The molecule has 10 heteroatoms. The Morgan fingerprint density at radius 2 is 2.04 bits per heavy atom. The molecule has 2 heterocycles. The first kappa shape index (κ1) is 19.0. The largest absolute Gasteiger partial charge is 0.467 e. The molecule has 7 nitrogen and oxygen atoms in total. The Kier molecular flexibility index (Phi) is 6.18. The molecule has 0 bridgehead atoms. The van der Waals surface area contributed by atoms with Gasteiger partial charge in [0.05, 0.1) is 6.54 Å². The van der Waals surface area contributed by atoms with E-state index in [0.29, 0.717) is 25.9 Å². The van der Waals surface area contributed by atoms with Crippen molar-refractivity contribution in [1.82, 2.24) is 15.2 Å². The molecule has 0 unspecified atom stereocenters. The zero-order valence-electron chi connectivity index (χ0n) is 13.4. The molecule has 0 spiro atoms. The van der Waals surface area contributed by atoms with Gasteiger partial charge in [0, 0.05) is 25.3 Å². The number of alkyl halides is 3. The minimum absolute atomic E-state index is 0.0497. The molecule has 1 fully saturated rings. The van der Waals surface area contributed by atoms with E-state index in [1.165, 1.54) is 18.3 Å². The van der Waals surface area contributed by atoms with E-state index < -0.39 is 24.6 Å². The van der Waals surface area contributed by atoms with Crippen molar-refractivity contribution in [2.24, 2.45) is 5.73 Å². The molecule has 2 amide bonds.